The lowest BCUT2D eigenvalue weighted by molar-refractivity contribution is -0.116. The molecule has 0 radical (unpaired) electrons. The Morgan fingerprint density at radius 1 is 1.16 bits per heavy atom. The second-order valence-corrected chi connectivity index (χ2v) is 7.28. The van der Waals surface area contributed by atoms with E-state index in [1.54, 1.807) is 29.2 Å². The highest BCUT2D eigenvalue weighted by atomic mass is 16.3. The summed E-state index contributed by atoms with van der Waals surface area (Å²) in [5, 5.41) is 15.1. The molecule has 1 heterocycles. The number of urea groups is 1. The summed E-state index contributed by atoms with van der Waals surface area (Å²) in [6.07, 6.45) is 2.34. The minimum atomic E-state index is -0.151. The molecule has 3 amide bonds. The van der Waals surface area contributed by atoms with E-state index in [4.69, 9.17) is 0 Å². The molecule has 1 aliphatic rings. The van der Waals surface area contributed by atoms with Crippen LogP contribution in [0.5, 0.6) is 0 Å². The molecule has 1 aromatic carbocycles. The number of carbonyl (C=O) groups is 2. The molecular formula is C19H29N3O3. The molecule has 1 aromatic rings. The Bertz CT molecular complexity index is 586. The molecule has 1 fully saturated rings. The van der Waals surface area contributed by atoms with Crippen molar-refractivity contribution in [2.75, 3.05) is 23.8 Å². The molecule has 1 aliphatic heterocycles. The van der Waals surface area contributed by atoms with Crippen molar-refractivity contribution in [1.82, 2.24) is 4.90 Å². The van der Waals surface area contributed by atoms with Gasteiger partial charge in [-0.2, -0.15) is 0 Å². The van der Waals surface area contributed by atoms with Gasteiger partial charge >= 0.3 is 6.03 Å². The molecule has 0 aliphatic carbocycles. The number of benzene rings is 1. The van der Waals surface area contributed by atoms with Crippen molar-refractivity contribution in [2.24, 2.45) is 11.8 Å². The predicted molar refractivity (Wildman–Crippen MR) is 99.5 cm³/mol. The summed E-state index contributed by atoms with van der Waals surface area (Å²) in [6.45, 7) is 6.72. The lowest BCUT2D eigenvalue weighted by atomic mass is 9.94. The average molecular weight is 347 g/mol. The van der Waals surface area contributed by atoms with Gasteiger partial charge in [0.2, 0.25) is 5.91 Å². The molecular weight excluding hydrogens is 318 g/mol. The van der Waals surface area contributed by atoms with Crippen molar-refractivity contribution >= 4 is 23.3 Å². The van der Waals surface area contributed by atoms with Crippen molar-refractivity contribution in [1.29, 1.82) is 0 Å². The van der Waals surface area contributed by atoms with E-state index in [-0.39, 0.29) is 30.5 Å². The maximum absolute atomic E-state index is 12.5. The third kappa shape index (κ3) is 5.74. The average Bonchev–Trinajstić information content (AvgIpc) is 2.56. The molecule has 6 heteroatoms. The molecule has 0 bridgehead atoms. The number of likely N-dealkylation sites (tertiary alicyclic amines) is 1. The Morgan fingerprint density at radius 2 is 1.76 bits per heavy atom. The van der Waals surface area contributed by atoms with Gasteiger partial charge in [0.25, 0.3) is 0 Å². The standard InChI is InChI=1S/C19H29N3O3/c1-13(2)10-18(24)20-16-6-8-17(9-7-16)21-19(25)22-11-15(12-23)5-4-14(22)3/h6-9,13-15,23H,4-5,10-12H2,1-3H3,(H,20,24)(H,21,25). The van der Waals surface area contributed by atoms with Crippen LogP contribution in [-0.2, 0) is 4.79 Å². The molecule has 0 spiro atoms. The number of aliphatic hydroxyl groups excluding tert-OH is 1. The minimum absolute atomic E-state index is 0.0102. The Hall–Kier alpha value is -2.08. The van der Waals surface area contributed by atoms with Gasteiger partial charge in [-0.3, -0.25) is 4.79 Å². The number of anilines is 2. The van der Waals surface area contributed by atoms with E-state index in [1.165, 1.54) is 0 Å². The molecule has 3 N–H and O–H groups in total. The van der Waals surface area contributed by atoms with Gasteiger partial charge < -0.3 is 20.6 Å². The molecule has 0 aromatic heterocycles. The third-order valence-electron chi connectivity index (χ3n) is 4.51. The SMILES string of the molecule is CC(C)CC(=O)Nc1ccc(NC(=O)N2CC(CO)CCC2C)cc1. The zero-order valence-corrected chi connectivity index (χ0v) is 15.3. The topological polar surface area (TPSA) is 81.7 Å². The first kappa shape index (κ1) is 19.2. The molecule has 6 nitrogen and oxygen atoms in total. The Balaban J connectivity index is 1.91. The van der Waals surface area contributed by atoms with Gasteiger partial charge in [0.1, 0.15) is 0 Å². The Kier molecular flexibility index (Phi) is 6.82. The highest BCUT2D eigenvalue weighted by Crippen LogP contribution is 2.23. The summed E-state index contributed by atoms with van der Waals surface area (Å²) in [7, 11) is 0. The summed E-state index contributed by atoms with van der Waals surface area (Å²) in [5.41, 5.74) is 1.40. The zero-order valence-electron chi connectivity index (χ0n) is 15.3. The van der Waals surface area contributed by atoms with E-state index < -0.39 is 0 Å². The number of piperidine rings is 1. The van der Waals surface area contributed by atoms with Crippen molar-refractivity contribution < 1.29 is 14.7 Å². The number of amides is 3. The van der Waals surface area contributed by atoms with Crippen LogP contribution in [0.1, 0.15) is 40.0 Å². The molecule has 2 atom stereocenters. The lowest BCUT2D eigenvalue weighted by Gasteiger charge is -2.37. The van der Waals surface area contributed by atoms with E-state index >= 15 is 0 Å². The fourth-order valence-electron chi connectivity index (χ4n) is 3.03. The fourth-order valence-corrected chi connectivity index (χ4v) is 3.03. The van der Waals surface area contributed by atoms with Crippen LogP contribution in [-0.4, -0.2) is 41.1 Å². The van der Waals surface area contributed by atoms with E-state index in [2.05, 4.69) is 10.6 Å². The van der Waals surface area contributed by atoms with Gasteiger partial charge in [-0.15, -0.1) is 0 Å². The monoisotopic (exact) mass is 347 g/mol. The van der Waals surface area contributed by atoms with Crippen molar-refractivity contribution in [3.63, 3.8) is 0 Å². The minimum Gasteiger partial charge on any atom is -0.396 e. The van der Waals surface area contributed by atoms with Gasteiger partial charge in [-0.05, 0) is 55.9 Å². The number of hydrogen-bond acceptors (Lipinski definition) is 3. The predicted octanol–water partition coefficient (Wildman–Crippen LogP) is 3.30. The van der Waals surface area contributed by atoms with Crippen molar-refractivity contribution in [2.45, 2.75) is 46.1 Å². The van der Waals surface area contributed by atoms with Crippen LogP contribution in [0.4, 0.5) is 16.2 Å². The van der Waals surface area contributed by atoms with Crippen LogP contribution in [0, 0.1) is 11.8 Å². The van der Waals surface area contributed by atoms with E-state index in [0.717, 1.165) is 18.5 Å². The van der Waals surface area contributed by atoms with E-state index in [9.17, 15) is 14.7 Å². The van der Waals surface area contributed by atoms with Gasteiger partial charge in [-0.1, -0.05) is 13.8 Å². The Labute approximate surface area is 149 Å². The number of aliphatic hydroxyl groups is 1. The van der Waals surface area contributed by atoms with Gasteiger partial charge in [0.05, 0.1) is 0 Å². The second kappa shape index (κ2) is 8.85. The summed E-state index contributed by atoms with van der Waals surface area (Å²) >= 11 is 0. The van der Waals surface area contributed by atoms with Crippen LogP contribution in [0.25, 0.3) is 0 Å². The van der Waals surface area contributed by atoms with Crippen LogP contribution < -0.4 is 10.6 Å². The molecule has 0 saturated carbocycles. The fraction of sp³-hybridized carbons (Fsp3) is 0.579. The largest absolute Gasteiger partial charge is 0.396 e. The second-order valence-electron chi connectivity index (χ2n) is 7.28. The van der Waals surface area contributed by atoms with Crippen LogP contribution in [0.3, 0.4) is 0 Å². The number of hydrogen-bond donors (Lipinski definition) is 3. The first-order chi connectivity index (χ1) is 11.9. The molecule has 1 saturated heterocycles. The van der Waals surface area contributed by atoms with Crippen LogP contribution in [0.2, 0.25) is 0 Å². The first-order valence-corrected chi connectivity index (χ1v) is 8.97. The van der Waals surface area contributed by atoms with Gasteiger partial charge in [-0.25, -0.2) is 4.79 Å². The lowest BCUT2D eigenvalue weighted by Crippen LogP contribution is -2.48. The van der Waals surface area contributed by atoms with E-state index in [1.807, 2.05) is 20.8 Å². The summed E-state index contributed by atoms with van der Waals surface area (Å²) < 4.78 is 0. The van der Waals surface area contributed by atoms with Gasteiger partial charge in [0.15, 0.2) is 0 Å². The highest BCUT2D eigenvalue weighted by Gasteiger charge is 2.28. The zero-order chi connectivity index (χ0) is 18.4. The Morgan fingerprint density at radius 3 is 2.32 bits per heavy atom. The third-order valence-corrected chi connectivity index (χ3v) is 4.51. The summed E-state index contributed by atoms with van der Waals surface area (Å²) in [5.74, 6) is 0.456. The maximum atomic E-state index is 12.5. The molecule has 2 rings (SSSR count). The summed E-state index contributed by atoms with van der Waals surface area (Å²) in [6, 6.07) is 7.13. The highest BCUT2D eigenvalue weighted by molar-refractivity contribution is 5.92. The quantitative estimate of drug-likeness (QED) is 0.764. The molecule has 25 heavy (non-hydrogen) atoms. The first-order valence-electron chi connectivity index (χ1n) is 8.97. The number of nitrogens with zero attached hydrogens (tertiary/aromatic N) is 1. The molecule has 138 valence electrons. The number of rotatable bonds is 5. The molecule has 2 unspecified atom stereocenters. The van der Waals surface area contributed by atoms with E-state index in [0.29, 0.717) is 24.6 Å². The van der Waals surface area contributed by atoms with Gasteiger partial charge in [0, 0.05) is 37.0 Å². The van der Waals surface area contributed by atoms with Crippen molar-refractivity contribution in [3.05, 3.63) is 24.3 Å². The summed E-state index contributed by atoms with van der Waals surface area (Å²) in [4.78, 5) is 26.0. The number of carbonyl (C=O) groups excluding carboxylic acids is 2. The number of nitrogens with one attached hydrogen (secondary N) is 2. The maximum Gasteiger partial charge on any atom is 0.322 e. The van der Waals surface area contributed by atoms with Crippen LogP contribution in [0.15, 0.2) is 24.3 Å². The van der Waals surface area contributed by atoms with Crippen LogP contribution >= 0.6 is 0 Å². The smallest absolute Gasteiger partial charge is 0.322 e. The normalized spacial score (nSPS) is 20.4. The van der Waals surface area contributed by atoms with Crippen molar-refractivity contribution in [3.8, 4) is 0 Å².